The number of hydrogen-bond donors (Lipinski definition) is 2. The number of aryl methyl sites for hydroxylation is 1. The summed E-state index contributed by atoms with van der Waals surface area (Å²) in [7, 11) is 0. The van der Waals surface area contributed by atoms with E-state index in [0.717, 1.165) is 0 Å². The highest BCUT2D eigenvalue weighted by molar-refractivity contribution is 5.38. The predicted molar refractivity (Wildman–Crippen MR) is 46.7 cm³/mol. The summed E-state index contributed by atoms with van der Waals surface area (Å²) in [5.41, 5.74) is 10.1. The summed E-state index contributed by atoms with van der Waals surface area (Å²) in [4.78, 5) is 6.99. The maximum absolute atomic E-state index is 12.6. The average Bonchev–Trinajstić information content (AvgIpc) is 2.44. The number of nitrogen functional groups attached to an aromatic ring is 1. The van der Waals surface area contributed by atoms with Crippen molar-refractivity contribution in [3.63, 3.8) is 0 Å². The van der Waals surface area contributed by atoms with Crippen LogP contribution in [0, 0.1) is 0 Å². The molecule has 7 heteroatoms. The van der Waals surface area contributed by atoms with Gasteiger partial charge in [0.25, 0.3) is 0 Å². The quantitative estimate of drug-likeness (QED) is 0.681. The Labute approximate surface area is 83.5 Å². The molecule has 15 heavy (non-hydrogen) atoms. The molecule has 0 spiro atoms. The molecular formula is C8H9F3N4. The number of rotatable bonds is 0. The molecule has 1 aliphatic carbocycles. The summed E-state index contributed by atoms with van der Waals surface area (Å²) in [5, 5.41) is 0. The smallest absolute Gasteiger partial charge is 0.368 e. The number of nitrogens with zero attached hydrogens (tertiary/aromatic N) is 2. The first-order valence-electron chi connectivity index (χ1n) is 4.38. The van der Waals surface area contributed by atoms with Crippen LogP contribution in [-0.2, 0) is 12.6 Å². The highest BCUT2D eigenvalue weighted by Crippen LogP contribution is 2.38. The SMILES string of the molecule is Nc1nc2c(c(C(F)(F)F)n1)C(N)CC2. The third-order valence-electron chi connectivity index (χ3n) is 2.37. The molecule has 0 amide bonds. The molecule has 4 N–H and O–H groups in total. The lowest BCUT2D eigenvalue weighted by Gasteiger charge is -2.13. The minimum absolute atomic E-state index is 0.00306. The zero-order valence-electron chi connectivity index (χ0n) is 7.67. The van der Waals surface area contributed by atoms with Crippen molar-refractivity contribution in [1.29, 1.82) is 0 Å². The Morgan fingerprint density at radius 3 is 2.53 bits per heavy atom. The first-order chi connectivity index (χ1) is 6.89. The van der Waals surface area contributed by atoms with Gasteiger partial charge in [0.05, 0.1) is 5.69 Å². The Hall–Kier alpha value is -1.37. The fourth-order valence-corrected chi connectivity index (χ4v) is 1.77. The Morgan fingerprint density at radius 1 is 1.27 bits per heavy atom. The summed E-state index contributed by atoms with van der Waals surface area (Å²) in [6.07, 6.45) is -3.65. The molecule has 1 heterocycles. The highest BCUT2D eigenvalue weighted by atomic mass is 19.4. The van der Waals surface area contributed by atoms with Gasteiger partial charge in [-0.1, -0.05) is 0 Å². The first-order valence-corrected chi connectivity index (χ1v) is 4.38. The van der Waals surface area contributed by atoms with Crippen molar-refractivity contribution in [2.24, 2.45) is 5.73 Å². The maximum Gasteiger partial charge on any atom is 0.433 e. The van der Waals surface area contributed by atoms with Crippen LogP contribution >= 0.6 is 0 Å². The van der Waals surface area contributed by atoms with E-state index in [1.165, 1.54) is 0 Å². The van der Waals surface area contributed by atoms with Crippen molar-refractivity contribution in [2.45, 2.75) is 25.1 Å². The summed E-state index contributed by atoms with van der Waals surface area (Å²) >= 11 is 0. The molecule has 82 valence electrons. The van der Waals surface area contributed by atoms with Gasteiger partial charge in [-0.25, -0.2) is 9.97 Å². The average molecular weight is 218 g/mol. The Balaban J connectivity index is 2.64. The molecule has 4 nitrogen and oxygen atoms in total. The van der Waals surface area contributed by atoms with Crippen molar-refractivity contribution in [1.82, 2.24) is 9.97 Å². The molecule has 1 aliphatic rings. The molecule has 0 fully saturated rings. The number of aromatic nitrogens is 2. The number of fused-ring (bicyclic) bond motifs is 1. The second-order valence-electron chi connectivity index (χ2n) is 3.43. The van der Waals surface area contributed by atoms with Crippen LogP contribution in [0.25, 0.3) is 0 Å². The fourth-order valence-electron chi connectivity index (χ4n) is 1.77. The molecule has 0 radical (unpaired) electrons. The van der Waals surface area contributed by atoms with E-state index in [1.807, 2.05) is 0 Å². The molecule has 1 aromatic heterocycles. The highest BCUT2D eigenvalue weighted by Gasteiger charge is 2.40. The minimum Gasteiger partial charge on any atom is -0.368 e. The predicted octanol–water partition coefficient (Wildman–Crippen LogP) is 1.02. The number of alkyl halides is 3. The van der Waals surface area contributed by atoms with E-state index in [0.29, 0.717) is 18.5 Å². The number of halogens is 3. The van der Waals surface area contributed by atoms with Crippen LogP contribution in [0.1, 0.15) is 29.4 Å². The summed E-state index contributed by atoms with van der Waals surface area (Å²) in [5.74, 6) is -0.352. The molecule has 0 saturated heterocycles. The van der Waals surface area contributed by atoms with Gasteiger partial charge in [-0.05, 0) is 12.8 Å². The third-order valence-corrected chi connectivity index (χ3v) is 2.37. The van der Waals surface area contributed by atoms with Gasteiger partial charge < -0.3 is 11.5 Å². The van der Waals surface area contributed by atoms with Gasteiger partial charge in [0.2, 0.25) is 5.95 Å². The molecule has 0 aromatic carbocycles. The maximum atomic E-state index is 12.6. The molecule has 0 saturated carbocycles. The standard InChI is InChI=1S/C8H9F3N4/c9-8(10,11)6-5-3(12)1-2-4(5)14-7(13)15-6/h3H,1-2,12H2,(H2,13,14,15). The van der Waals surface area contributed by atoms with E-state index in [2.05, 4.69) is 9.97 Å². The largest absolute Gasteiger partial charge is 0.433 e. The summed E-state index contributed by atoms with van der Waals surface area (Å²) in [6, 6.07) is -0.641. The van der Waals surface area contributed by atoms with Crippen LogP contribution in [0.2, 0.25) is 0 Å². The topological polar surface area (TPSA) is 77.8 Å². The van der Waals surface area contributed by atoms with Gasteiger partial charge in [-0.15, -0.1) is 0 Å². The molecule has 1 unspecified atom stereocenters. The molecule has 2 rings (SSSR count). The van der Waals surface area contributed by atoms with Gasteiger partial charge in [0.15, 0.2) is 5.69 Å². The van der Waals surface area contributed by atoms with Gasteiger partial charge >= 0.3 is 6.18 Å². The van der Waals surface area contributed by atoms with E-state index >= 15 is 0 Å². The summed E-state index contributed by atoms with van der Waals surface area (Å²) < 4.78 is 37.8. The third kappa shape index (κ3) is 1.63. The van der Waals surface area contributed by atoms with Crippen LogP contribution in [0.4, 0.5) is 19.1 Å². The van der Waals surface area contributed by atoms with Crippen molar-refractivity contribution in [3.8, 4) is 0 Å². The molecule has 0 bridgehead atoms. The van der Waals surface area contributed by atoms with Crippen molar-refractivity contribution < 1.29 is 13.2 Å². The zero-order valence-corrected chi connectivity index (χ0v) is 7.67. The van der Waals surface area contributed by atoms with Crippen LogP contribution in [0.3, 0.4) is 0 Å². The Bertz CT molecular complexity index is 402. The van der Waals surface area contributed by atoms with Crippen molar-refractivity contribution in [2.75, 3.05) is 5.73 Å². The molecular weight excluding hydrogens is 209 g/mol. The van der Waals surface area contributed by atoms with E-state index in [9.17, 15) is 13.2 Å². The van der Waals surface area contributed by atoms with E-state index in [4.69, 9.17) is 11.5 Å². The first kappa shape index (κ1) is 10.2. The Kier molecular flexibility index (Phi) is 2.07. The molecule has 1 aromatic rings. The van der Waals surface area contributed by atoms with Crippen molar-refractivity contribution >= 4 is 5.95 Å². The van der Waals surface area contributed by atoms with E-state index in [-0.39, 0.29) is 11.5 Å². The number of anilines is 1. The number of nitrogens with two attached hydrogens (primary N) is 2. The lowest BCUT2D eigenvalue weighted by atomic mass is 10.1. The monoisotopic (exact) mass is 218 g/mol. The summed E-state index contributed by atoms with van der Waals surface area (Å²) in [6.45, 7) is 0. The van der Waals surface area contributed by atoms with E-state index in [1.54, 1.807) is 0 Å². The molecule has 0 aliphatic heterocycles. The second-order valence-corrected chi connectivity index (χ2v) is 3.43. The van der Waals surface area contributed by atoms with Crippen LogP contribution in [0.5, 0.6) is 0 Å². The number of hydrogen-bond acceptors (Lipinski definition) is 4. The fraction of sp³-hybridized carbons (Fsp3) is 0.500. The second kappa shape index (κ2) is 3.06. The van der Waals surface area contributed by atoms with Crippen LogP contribution in [-0.4, -0.2) is 9.97 Å². The molecule has 1 atom stereocenters. The van der Waals surface area contributed by atoms with Gasteiger partial charge in [-0.2, -0.15) is 13.2 Å². The van der Waals surface area contributed by atoms with Crippen LogP contribution < -0.4 is 11.5 Å². The van der Waals surface area contributed by atoms with Gasteiger partial charge in [-0.3, -0.25) is 0 Å². The normalized spacial score (nSPS) is 20.4. The minimum atomic E-state index is -4.52. The lowest BCUT2D eigenvalue weighted by Crippen LogP contribution is -2.19. The van der Waals surface area contributed by atoms with Gasteiger partial charge in [0.1, 0.15) is 0 Å². The lowest BCUT2D eigenvalue weighted by molar-refractivity contribution is -0.142. The van der Waals surface area contributed by atoms with Crippen LogP contribution in [0.15, 0.2) is 0 Å². The zero-order chi connectivity index (χ0) is 11.2. The Morgan fingerprint density at radius 2 is 1.93 bits per heavy atom. The van der Waals surface area contributed by atoms with Crippen molar-refractivity contribution in [3.05, 3.63) is 17.0 Å². The van der Waals surface area contributed by atoms with E-state index < -0.39 is 17.9 Å². The van der Waals surface area contributed by atoms with Gasteiger partial charge in [0, 0.05) is 11.6 Å².